The lowest BCUT2D eigenvalue weighted by Crippen LogP contribution is -2.00. The number of thiophene rings is 1. The average molecular weight is 338 g/mol. The molecule has 0 amide bonds. The molecule has 0 aromatic carbocycles. The van der Waals surface area contributed by atoms with Gasteiger partial charge in [0.1, 0.15) is 0 Å². The van der Waals surface area contributed by atoms with Crippen LogP contribution in [-0.4, -0.2) is 10.1 Å². The van der Waals surface area contributed by atoms with E-state index < -0.39 is 6.10 Å². The number of rotatable bonds is 3. The van der Waals surface area contributed by atoms with Gasteiger partial charge in [0.05, 0.1) is 6.10 Å². The predicted molar refractivity (Wildman–Crippen MR) is 81.6 cm³/mol. The molecule has 1 unspecified atom stereocenters. The van der Waals surface area contributed by atoms with E-state index in [9.17, 15) is 5.11 Å². The van der Waals surface area contributed by atoms with Gasteiger partial charge in [0.25, 0.3) is 0 Å². The molecule has 4 heteroatoms. The Morgan fingerprint density at radius 2 is 2.11 bits per heavy atom. The van der Waals surface area contributed by atoms with E-state index in [4.69, 9.17) is 0 Å². The Kier molecular flexibility index (Phi) is 4.01. The zero-order chi connectivity index (χ0) is 13.2. The predicted octanol–water partition coefficient (Wildman–Crippen LogP) is 4.06. The maximum atomic E-state index is 10.4. The Morgan fingerprint density at radius 1 is 1.26 bits per heavy atom. The van der Waals surface area contributed by atoms with E-state index in [0.29, 0.717) is 6.42 Å². The molecule has 1 N–H and O–H groups in total. The monoisotopic (exact) mass is 337 g/mol. The summed E-state index contributed by atoms with van der Waals surface area (Å²) < 4.78 is 0.961. The Labute approximate surface area is 125 Å². The number of fused-ring (bicyclic) bond motifs is 1. The summed E-state index contributed by atoms with van der Waals surface area (Å²) in [4.78, 5) is 6.72. The van der Waals surface area contributed by atoms with Crippen LogP contribution in [0.25, 0.3) is 0 Å². The van der Waals surface area contributed by atoms with Crippen molar-refractivity contribution >= 4 is 27.3 Å². The summed E-state index contributed by atoms with van der Waals surface area (Å²) in [6.07, 6.45) is 8.74. The minimum atomic E-state index is -0.410. The third kappa shape index (κ3) is 3.07. The number of nitrogens with zero attached hydrogens (tertiary/aromatic N) is 1. The van der Waals surface area contributed by atoms with Crippen molar-refractivity contribution in [3.63, 3.8) is 0 Å². The van der Waals surface area contributed by atoms with Crippen molar-refractivity contribution in [2.24, 2.45) is 0 Å². The minimum absolute atomic E-state index is 0.410. The fourth-order valence-corrected chi connectivity index (χ4v) is 4.23. The molecule has 1 atom stereocenters. The molecule has 100 valence electrons. The van der Waals surface area contributed by atoms with Crippen LogP contribution in [0.4, 0.5) is 0 Å². The largest absolute Gasteiger partial charge is 0.387 e. The lowest BCUT2D eigenvalue weighted by molar-refractivity contribution is 0.182. The molecule has 0 radical (unpaired) electrons. The van der Waals surface area contributed by atoms with Crippen LogP contribution >= 0.6 is 27.3 Å². The molecule has 2 heterocycles. The second-order valence-electron chi connectivity index (χ2n) is 5.04. The van der Waals surface area contributed by atoms with Crippen molar-refractivity contribution in [2.75, 3.05) is 0 Å². The number of aromatic nitrogens is 1. The summed E-state index contributed by atoms with van der Waals surface area (Å²) >= 11 is 5.20. The zero-order valence-electron chi connectivity index (χ0n) is 10.6. The van der Waals surface area contributed by atoms with E-state index in [-0.39, 0.29) is 0 Å². The fourth-order valence-electron chi connectivity index (χ4n) is 2.57. The van der Waals surface area contributed by atoms with Crippen LogP contribution in [0.3, 0.4) is 0 Å². The molecule has 2 nitrogen and oxygen atoms in total. The summed E-state index contributed by atoms with van der Waals surface area (Å²) in [6.45, 7) is 0. The highest BCUT2D eigenvalue weighted by atomic mass is 79.9. The summed E-state index contributed by atoms with van der Waals surface area (Å²) in [7, 11) is 0. The first-order chi connectivity index (χ1) is 9.22. The van der Waals surface area contributed by atoms with E-state index >= 15 is 0 Å². The zero-order valence-corrected chi connectivity index (χ0v) is 13.0. The van der Waals surface area contributed by atoms with Crippen molar-refractivity contribution in [3.8, 4) is 0 Å². The summed E-state index contributed by atoms with van der Waals surface area (Å²) in [6, 6.07) is 4.22. The number of hydrogen-bond acceptors (Lipinski definition) is 3. The molecule has 2 aromatic rings. The standard InChI is InChI=1S/C15H16BrNOS/c16-12-5-10(8-17-9-12)6-13(18)15-7-11-3-1-2-4-14(11)19-15/h5,7-9,13,18H,1-4,6H2. The van der Waals surface area contributed by atoms with Gasteiger partial charge in [-0.05, 0) is 64.9 Å². The fraction of sp³-hybridized carbons (Fsp3) is 0.400. The molecule has 0 saturated carbocycles. The highest BCUT2D eigenvalue weighted by Gasteiger charge is 2.18. The van der Waals surface area contributed by atoms with Crippen molar-refractivity contribution in [3.05, 3.63) is 49.9 Å². The van der Waals surface area contributed by atoms with Gasteiger partial charge in [-0.15, -0.1) is 11.3 Å². The Balaban J connectivity index is 1.76. The van der Waals surface area contributed by atoms with Crippen LogP contribution in [-0.2, 0) is 19.3 Å². The minimum Gasteiger partial charge on any atom is -0.387 e. The number of hydrogen-bond donors (Lipinski definition) is 1. The van der Waals surface area contributed by atoms with Crippen molar-refractivity contribution in [1.82, 2.24) is 4.98 Å². The first-order valence-corrected chi connectivity index (χ1v) is 8.22. The maximum Gasteiger partial charge on any atom is 0.0922 e. The SMILES string of the molecule is OC(Cc1cncc(Br)c1)c1cc2c(s1)CCCC2. The topological polar surface area (TPSA) is 33.1 Å². The lowest BCUT2D eigenvalue weighted by atomic mass is 9.98. The molecule has 0 fully saturated rings. The Hall–Kier alpha value is -0.710. The summed E-state index contributed by atoms with van der Waals surface area (Å²) in [5.74, 6) is 0. The van der Waals surface area contributed by atoms with Gasteiger partial charge in [0.15, 0.2) is 0 Å². The van der Waals surface area contributed by atoms with E-state index in [1.165, 1.54) is 36.1 Å². The normalized spacial score (nSPS) is 16.1. The molecule has 2 aromatic heterocycles. The molecular weight excluding hydrogens is 322 g/mol. The molecule has 3 rings (SSSR count). The molecule has 1 aliphatic carbocycles. The molecular formula is C15H16BrNOS. The second-order valence-corrected chi connectivity index (χ2v) is 7.12. The van der Waals surface area contributed by atoms with Crippen molar-refractivity contribution < 1.29 is 5.11 Å². The molecule has 0 bridgehead atoms. The summed E-state index contributed by atoms with van der Waals surface area (Å²) in [5.41, 5.74) is 2.52. The van der Waals surface area contributed by atoms with Crippen LogP contribution in [0.5, 0.6) is 0 Å². The van der Waals surface area contributed by atoms with Crippen LogP contribution in [0.1, 0.15) is 39.8 Å². The van der Waals surface area contributed by atoms with Gasteiger partial charge in [-0.25, -0.2) is 0 Å². The highest BCUT2D eigenvalue weighted by molar-refractivity contribution is 9.10. The summed E-state index contributed by atoms with van der Waals surface area (Å²) in [5, 5.41) is 10.4. The van der Waals surface area contributed by atoms with Crippen LogP contribution in [0.15, 0.2) is 29.0 Å². The maximum absolute atomic E-state index is 10.4. The van der Waals surface area contributed by atoms with Crippen molar-refractivity contribution in [2.45, 2.75) is 38.2 Å². The van der Waals surface area contributed by atoms with Crippen molar-refractivity contribution in [1.29, 1.82) is 0 Å². The van der Waals surface area contributed by atoms with E-state index in [2.05, 4.69) is 27.0 Å². The first-order valence-electron chi connectivity index (χ1n) is 6.61. The Morgan fingerprint density at radius 3 is 2.89 bits per heavy atom. The van der Waals surface area contributed by atoms with Gasteiger partial charge in [0, 0.05) is 33.0 Å². The van der Waals surface area contributed by atoms with E-state index in [1.54, 1.807) is 17.5 Å². The lowest BCUT2D eigenvalue weighted by Gasteiger charge is -2.08. The molecule has 19 heavy (non-hydrogen) atoms. The number of aliphatic hydroxyl groups excluding tert-OH is 1. The Bertz CT molecular complexity index is 558. The number of halogens is 1. The van der Waals surface area contributed by atoms with E-state index in [1.807, 2.05) is 12.3 Å². The van der Waals surface area contributed by atoms with Gasteiger partial charge in [0.2, 0.25) is 0 Å². The van der Waals surface area contributed by atoms with Crippen LogP contribution in [0.2, 0.25) is 0 Å². The van der Waals surface area contributed by atoms with Gasteiger partial charge in [-0.3, -0.25) is 4.98 Å². The number of aliphatic hydroxyl groups is 1. The van der Waals surface area contributed by atoms with E-state index in [0.717, 1.165) is 14.9 Å². The van der Waals surface area contributed by atoms with Gasteiger partial charge in [-0.1, -0.05) is 0 Å². The quantitative estimate of drug-likeness (QED) is 0.915. The van der Waals surface area contributed by atoms with Crippen LogP contribution < -0.4 is 0 Å². The molecule has 0 aliphatic heterocycles. The number of aryl methyl sites for hydroxylation is 2. The highest BCUT2D eigenvalue weighted by Crippen LogP contribution is 2.34. The van der Waals surface area contributed by atoms with Gasteiger partial charge < -0.3 is 5.11 Å². The van der Waals surface area contributed by atoms with Gasteiger partial charge >= 0.3 is 0 Å². The first kappa shape index (κ1) is 13.3. The third-order valence-corrected chi connectivity index (χ3v) is 5.31. The van der Waals surface area contributed by atoms with Crippen LogP contribution in [0, 0.1) is 0 Å². The average Bonchev–Trinajstić information content (AvgIpc) is 2.82. The molecule has 0 spiro atoms. The third-order valence-electron chi connectivity index (χ3n) is 3.53. The second kappa shape index (κ2) is 5.73. The molecule has 0 saturated heterocycles. The van der Waals surface area contributed by atoms with Gasteiger partial charge in [-0.2, -0.15) is 0 Å². The molecule has 1 aliphatic rings. The smallest absolute Gasteiger partial charge is 0.0922 e. The number of pyridine rings is 1.